The van der Waals surface area contributed by atoms with Crippen LogP contribution >= 0.6 is 0 Å². The van der Waals surface area contributed by atoms with E-state index in [1.807, 2.05) is 58.9 Å². The number of sulfonamides is 1. The first kappa shape index (κ1) is 31.7. The third-order valence-electron chi connectivity index (χ3n) is 7.03. The van der Waals surface area contributed by atoms with Crippen LogP contribution < -0.4 is 14.4 Å². The van der Waals surface area contributed by atoms with Crippen molar-refractivity contribution in [2.24, 2.45) is 0 Å². The van der Waals surface area contributed by atoms with Crippen LogP contribution in [0, 0.1) is 6.92 Å². The molecule has 0 fully saturated rings. The summed E-state index contributed by atoms with van der Waals surface area (Å²) in [6, 6.07) is 21.5. The molecular weight excluding hydrogens is 538 g/mol. The molecular formula is C32H41N3O5S. The molecule has 9 heteroatoms. The van der Waals surface area contributed by atoms with E-state index in [0.717, 1.165) is 21.9 Å². The predicted octanol–water partition coefficient (Wildman–Crippen LogP) is 5.31. The number of anilines is 1. The van der Waals surface area contributed by atoms with Gasteiger partial charge in [-0.3, -0.25) is 13.9 Å². The summed E-state index contributed by atoms with van der Waals surface area (Å²) in [7, 11) is -4.14. The Hall–Kier alpha value is -3.85. The van der Waals surface area contributed by atoms with Gasteiger partial charge >= 0.3 is 0 Å². The van der Waals surface area contributed by atoms with Gasteiger partial charge in [0.25, 0.3) is 10.0 Å². The van der Waals surface area contributed by atoms with E-state index < -0.39 is 28.5 Å². The number of ether oxygens (including phenoxy) is 1. The van der Waals surface area contributed by atoms with Crippen molar-refractivity contribution in [3.05, 3.63) is 90.0 Å². The summed E-state index contributed by atoms with van der Waals surface area (Å²) >= 11 is 0. The minimum absolute atomic E-state index is 0.0321. The van der Waals surface area contributed by atoms with Crippen LogP contribution in [-0.4, -0.2) is 50.4 Å². The minimum atomic E-state index is -4.14. The van der Waals surface area contributed by atoms with Gasteiger partial charge in [-0.25, -0.2) is 8.42 Å². The fraction of sp³-hybridized carbons (Fsp3) is 0.375. The van der Waals surface area contributed by atoms with Gasteiger partial charge in [0, 0.05) is 12.6 Å². The second-order valence-electron chi connectivity index (χ2n) is 9.94. The number of aryl methyl sites for hydroxylation is 1. The van der Waals surface area contributed by atoms with Gasteiger partial charge in [0.2, 0.25) is 11.8 Å². The zero-order valence-electron chi connectivity index (χ0n) is 24.5. The fourth-order valence-electron chi connectivity index (χ4n) is 4.46. The van der Waals surface area contributed by atoms with Crippen molar-refractivity contribution in [3.63, 3.8) is 0 Å². The van der Waals surface area contributed by atoms with Gasteiger partial charge in [0.05, 0.1) is 17.2 Å². The molecule has 0 aliphatic carbocycles. The molecule has 3 aromatic rings. The number of hydrogen-bond donors (Lipinski definition) is 1. The van der Waals surface area contributed by atoms with Gasteiger partial charge in [-0.2, -0.15) is 0 Å². The predicted molar refractivity (Wildman–Crippen MR) is 162 cm³/mol. The highest BCUT2D eigenvalue weighted by Gasteiger charge is 2.34. The average molecular weight is 580 g/mol. The van der Waals surface area contributed by atoms with Crippen LogP contribution in [0.1, 0.15) is 51.7 Å². The Morgan fingerprint density at radius 3 is 2.10 bits per heavy atom. The molecule has 0 saturated carbocycles. The van der Waals surface area contributed by atoms with E-state index in [4.69, 9.17) is 4.74 Å². The van der Waals surface area contributed by atoms with Crippen LogP contribution in [0.25, 0.3) is 0 Å². The molecule has 3 aromatic carbocycles. The first-order valence-corrected chi connectivity index (χ1v) is 15.5. The second kappa shape index (κ2) is 14.7. The van der Waals surface area contributed by atoms with Crippen molar-refractivity contribution in [2.75, 3.05) is 17.5 Å². The van der Waals surface area contributed by atoms with Gasteiger partial charge in [0.1, 0.15) is 18.3 Å². The van der Waals surface area contributed by atoms with Crippen LogP contribution in [0.5, 0.6) is 5.75 Å². The molecule has 220 valence electrons. The molecule has 41 heavy (non-hydrogen) atoms. The molecule has 0 aliphatic rings. The van der Waals surface area contributed by atoms with E-state index in [1.54, 1.807) is 42.5 Å². The van der Waals surface area contributed by atoms with Crippen molar-refractivity contribution >= 4 is 27.5 Å². The average Bonchev–Trinajstić information content (AvgIpc) is 2.97. The number of rotatable bonds is 14. The smallest absolute Gasteiger partial charge is 0.264 e. The number of carbonyl (C=O) groups is 2. The number of amides is 2. The molecule has 2 amide bonds. The lowest BCUT2D eigenvalue weighted by molar-refractivity contribution is -0.140. The van der Waals surface area contributed by atoms with Crippen LogP contribution in [0.15, 0.2) is 83.8 Å². The molecule has 0 spiro atoms. The van der Waals surface area contributed by atoms with Crippen LogP contribution in [0.3, 0.4) is 0 Å². The molecule has 0 aliphatic heterocycles. The highest BCUT2D eigenvalue weighted by molar-refractivity contribution is 7.92. The lowest BCUT2D eigenvalue weighted by atomic mass is 10.1. The number of carbonyl (C=O) groups excluding carboxylic acids is 2. The third kappa shape index (κ3) is 8.10. The van der Waals surface area contributed by atoms with Crippen LogP contribution in [0.4, 0.5) is 5.69 Å². The molecule has 0 aromatic heterocycles. The van der Waals surface area contributed by atoms with Crippen molar-refractivity contribution in [1.82, 2.24) is 10.2 Å². The fourth-order valence-corrected chi connectivity index (χ4v) is 5.87. The van der Waals surface area contributed by atoms with Crippen molar-refractivity contribution in [3.8, 4) is 5.75 Å². The van der Waals surface area contributed by atoms with E-state index in [-0.39, 0.29) is 23.4 Å². The molecule has 0 unspecified atom stereocenters. The standard InChI is InChI=1S/C32H41N3O5S/c1-6-25(5)33-32(37)30(7-2)34(22-26-15-13-12-14-24(26)4)31(36)23-35(27-16-10-9-11-17-27)41(38,39)29-20-18-28(19-21-29)40-8-3/h9-21,25,30H,6-8,22-23H2,1-5H3,(H,33,37)/t25-,30-/m0/s1. The Bertz CT molecular complexity index is 1390. The lowest BCUT2D eigenvalue weighted by Crippen LogP contribution is -2.53. The van der Waals surface area contributed by atoms with E-state index in [9.17, 15) is 18.0 Å². The maximum Gasteiger partial charge on any atom is 0.264 e. The minimum Gasteiger partial charge on any atom is -0.494 e. The quantitative estimate of drug-likeness (QED) is 0.279. The monoisotopic (exact) mass is 579 g/mol. The molecule has 0 heterocycles. The summed E-state index contributed by atoms with van der Waals surface area (Å²) in [4.78, 5) is 29.1. The number of benzene rings is 3. The Kier molecular flexibility index (Phi) is 11.3. The Balaban J connectivity index is 2.03. The molecule has 8 nitrogen and oxygen atoms in total. The molecule has 3 rings (SSSR count). The zero-order valence-corrected chi connectivity index (χ0v) is 25.4. The summed E-state index contributed by atoms with van der Waals surface area (Å²) in [6.45, 7) is 9.70. The molecule has 0 radical (unpaired) electrons. The summed E-state index contributed by atoms with van der Waals surface area (Å²) < 4.78 is 34.5. The van der Waals surface area contributed by atoms with E-state index in [0.29, 0.717) is 24.5 Å². The van der Waals surface area contributed by atoms with Gasteiger partial charge < -0.3 is 15.0 Å². The Morgan fingerprint density at radius 2 is 1.51 bits per heavy atom. The summed E-state index contributed by atoms with van der Waals surface area (Å²) in [5, 5.41) is 3.00. The SMILES string of the molecule is CCOc1ccc(S(=O)(=O)N(CC(=O)N(Cc2ccccc2C)[C@@H](CC)C(=O)N[C@@H](C)CC)c2ccccc2)cc1. The molecule has 1 N–H and O–H groups in total. The lowest BCUT2D eigenvalue weighted by Gasteiger charge is -2.34. The molecule has 0 bridgehead atoms. The van der Waals surface area contributed by atoms with E-state index in [1.165, 1.54) is 17.0 Å². The molecule has 0 saturated heterocycles. The molecule has 2 atom stereocenters. The second-order valence-corrected chi connectivity index (χ2v) is 11.8. The number of hydrogen-bond acceptors (Lipinski definition) is 5. The summed E-state index contributed by atoms with van der Waals surface area (Å²) in [6.07, 6.45) is 1.12. The van der Waals surface area contributed by atoms with Crippen molar-refractivity contribution < 1.29 is 22.7 Å². The number of nitrogens with zero attached hydrogens (tertiary/aromatic N) is 2. The highest BCUT2D eigenvalue weighted by Crippen LogP contribution is 2.26. The van der Waals surface area contributed by atoms with E-state index >= 15 is 0 Å². The van der Waals surface area contributed by atoms with Crippen LogP contribution in [-0.2, 0) is 26.2 Å². The first-order chi connectivity index (χ1) is 19.6. The zero-order chi connectivity index (χ0) is 30.0. The van der Waals surface area contributed by atoms with Gasteiger partial charge in [0.15, 0.2) is 0 Å². The third-order valence-corrected chi connectivity index (χ3v) is 8.82. The van der Waals surface area contributed by atoms with Crippen molar-refractivity contribution in [1.29, 1.82) is 0 Å². The number of para-hydroxylation sites is 1. The highest BCUT2D eigenvalue weighted by atomic mass is 32.2. The maximum absolute atomic E-state index is 14.1. The van der Waals surface area contributed by atoms with E-state index in [2.05, 4.69) is 5.32 Å². The summed E-state index contributed by atoms with van der Waals surface area (Å²) in [5.74, 6) is -0.182. The Morgan fingerprint density at radius 1 is 0.878 bits per heavy atom. The maximum atomic E-state index is 14.1. The van der Waals surface area contributed by atoms with Crippen molar-refractivity contribution in [2.45, 2.75) is 71.0 Å². The number of nitrogens with one attached hydrogen (secondary N) is 1. The first-order valence-electron chi connectivity index (χ1n) is 14.1. The summed E-state index contributed by atoms with van der Waals surface area (Å²) in [5.41, 5.74) is 2.21. The van der Waals surface area contributed by atoms with Gasteiger partial charge in [-0.1, -0.05) is 56.3 Å². The van der Waals surface area contributed by atoms with Gasteiger partial charge in [-0.05, 0) is 81.1 Å². The largest absolute Gasteiger partial charge is 0.494 e. The van der Waals surface area contributed by atoms with Crippen LogP contribution in [0.2, 0.25) is 0 Å². The Labute approximate surface area is 244 Å². The normalized spacial score (nSPS) is 12.7. The topological polar surface area (TPSA) is 96.0 Å². The van der Waals surface area contributed by atoms with Gasteiger partial charge in [-0.15, -0.1) is 0 Å².